The Kier molecular flexibility index (Phi) is 6.50. The number of nitrogens with one attached hydrogen (secondary N) is 2. The van der Waals surface area contributed by atoms with E-state index < -0.39 is 27.8 Å². The Balaban J connectivity index is 2.20. The van der Waals surface area contributed by atoms with Gasteiger partial charge in [-0.15, -0.1) is 0 Å². The molecule has 2 aromatic rings. The van der Waals surface area contributed by atoms with Gasteiger partial charge in [-0.25, -0.2) is 12.8 Å². The Bertz CT molecular complexity index is 865. The maximum absolute atomic E-state index is 13.3. The second-order valence-electron chi connectivity index (χ2n) is 6.62. The van der Waals surface area contributed by atoms with Crippen molar-refractivity contribution < 1.29 is 17.6 Å². The molecule has 2 N–H and O–H groups in total. The van der Waals surface area contributed by atoms with E-state index in [9.17, 15) is 17.6 Å². The smallest absolute Gasteiger partial charge is 0.242 e. The molecule has 0 saturated heterocycles. The molecule has 5 nitrogen and oxygen atoms in total. The number of hydrogen-bond donors (Lipinski definition) is 2. The number of aryl methyl sites for hydroxylation is 1. The summed E-state index contributed by atoms with van der Waals surface area (Å²) in [5.41, 5.74) is 1.21. The molecule has 0 unspecified atom stereocenters. The average Bonchev–Trinajstić information content (AvgIpc) is 2.54. The molecule has 2 aromatic carbocycles. The first-order chi connectivity index (χ1) is 12.2. The third kappa shape index (κ3) is 5.64. The molecule has 0 bridgehead atoms. The van der Waals surface area contributed by atoms with E-state index in [2.05, 4.69) is 10.0 Å². The van der Waals surface area contributed by atoms with Gasteiger partial charge in [-0.1, -0.05) is 37.6 Å². The minimum absolute atomic E-state index is 0.0824. The lowest BCUT2D eigenvalue weighted by atomic mass is 10.0. The molecule has 0 saturated carbocycles. The van der Waals surface area contributed by atoms with E-state index in [1.807, 2.05) is 20.8 Å². The summed E-state index contributed by atoms with van der Waals surface area (Å²) < 4.78 is 40.9. The van der Waals surface area contributed by atoms with Crippen molar-refractivity contribution in [3.05, 3.63) is 59.9 Å². The molecular weight excluding hydrogens is 355 g/mol. The molecular formula is C19H23FN2O3S. The van der Waals surface area contributed by atoms with Crippen LogP contribution < -0.4 is 10.0 Å². The standard InChI is InChI=1S/C19H23FN2O3S/c1-13(2)11-18(19(23)21-16-6-4-5-15(20)12-16)22-26(24,25)17-9-7-14(3)8-10-17/h4-10,12-13,18,22H,11H2,1-3H3,(H,21,23)/t18-/m0/s1. The van der Waals surface area contributed by atoms with E-state index in [-0.39, 0.29) is 16.5 Å². The molecule has 1 amide bonds. The first kappa shape index (κ1) is 20.1. The largest absolute Gasteiger partial charge is 0.325 e. The lowest BCUT2D eigenvalue weighted by molar-refractivity contribution is -0.118. The van der Waals surface area contributed by atoms with Gasteiger partial charge in [0, 0.05) is 5.69 Å². The zero-order valence-electron chi connectivity index (χ0n) is 15.0. The highest BCUT2D eigenvalue weighted by Crippen LogP contribution is 2.15. The summed E-state index contributed by atoms with van der Waals surface area (Å²) >= 11 is 0. The van der Waals surface area contributed by atoms with Gasteiger partial charge in [-0.2, -0.15) is 4.72 Å². The fourth-order valence-electron chi connectivity index (χ4n) is 2.45. The molecule has 0 fully saturated rings. The van der Waals surface area contributed by atoms with Crippen molar-refractivity contribution in [2.45, 2.75) is 38.1 Å². The molecule has 0 aliphatic carbocycles. The Morgan fingerprint density at radius 2 is 1.77 bits per heavy atom. The first-order valence-electron chi connectivity index (χ1n) is 8.33. The number of carbonyl (C=O) groups excluding carboxylic acids is 1. The van der Waals surface area contributed by atoms with Crippen molar-refractivity contribution in [3.8, 4) is 0 Å². The van der Waals surface area contributed by atoms with Gasteiger partial charge in [0.15, 0.2) is 0 Å². The highest BCUT2D eigenvalue weighted by Gasteiger charge is 2.26. The van der Waals surface area contributed by atoms with Crippen LogP contribution in [0.2, 0.25) is 0 Å². The highest BCUT2D eigenvalue weighted by molar-refractivity contribution is 7.89. The number of sulfonamides is 1. The van der Waals surface area contributed by atoms with E-state index in [0.717, 1.165) is 5.56 Å². The van der Waals surface area contributed by atoms with Crippen molar-refractivity contribution >= 4 is 21.6 Å². The summed E-state index contributed by atoms with van der Waals surface area (Å²) in [5, 5.41) is 2.57. The number of benzene rings is 2. The topological polar surface area (TPSA) is 75.3 Å². The fraction of sp³-hybridized carbons (Fsp3) is 0.316. The molecule has 0 radical (unpaired) electrons. The molecule has 2 rings (SSSR count). The van der Waals surface area contributed by atoms with Crippen LogP contribution in [-0.2, 0) is 14.8 Å². The summed E-state index contributed by atoms with van der Waals surface area (Å²) in [6, 6.07) is 10.9. The Morgan fingerprint density at radius 1 is 1.12 bits per heavy atom. The second kappa shape index (κ2) is 8.42. The molecule has 0 aromatic heterocycles. The predicted octanol–water partition coefficient (Wildman–Crippen LogP) is 3.47. The van der Waals surface area contributed by atoms with Gasteiger partial charge in [0.2, 0.25) is 15.9 Å². The second-order valence-corrected chi connectivity index (χ2v) is 8.33. The van der Waals surface area contributed by atoms with E-state index in [4.69, 9.17) is 0 Å². The summed E-state index contributed by atoms with van der Waals surface area (Å²) in [6.45, 7) is 5.64. The van der Waals surface area contributed by atoms with Crippen LogP contribution in [0.4, 0.5) is 10.1 Å². The number of carbonyl (C=O) groups is 1. The predicted molar refractivity (Wildman–Crippen MR) is 99.8 cm³/mol. The lowest BCUT2D eigenvalue weighted by Gasteiger charge is -2.20. The Hall–Kier alpha value is -2.25. The minimum atomic E-state index is -3.85. The van der Waals surface area contributed by atoms with Crippen LogP contribution in [0.15, 0.2) is 53.4 Å². The molecule has 26 heavy (non-hydrogen) atoms. The summed E-state index contributed by atoms with van der Waals surface area (Å²) in [5.74, 6) is -0.928. The SMILES string of the molecule is Cc1ccc(S(=O)(=O)N[C@@H](CC(C)C)C(=O)Nc2cccc(F)c2)cc1. The molecule has 0 aliphatic rings. The number of amides is 1. The molecule has 140 valence electrons. The van der Waals surface area contributed by atoms with Gasteiger partial charge in [-0.3, -0.25) is 4.79 Å². The Labute approximate surface area is 153 Å². The third-order valence-corrected chi connectivity index (χ3v) is 5.23. The van der Waals surface area contributed by atoms with Gasteiger partial charge in [0.1, 0.15) is 11.9 Å². The van der Waals surface area contributed by atoms with Crippen LogP contribution in [0.5, 0.6) is 0 Å². The molecule has 0 heterocycles. The third-order valence-electron chi connectivity index (χ3n) is 3.74. The normalized spacial score (nSPS) is 12.8. The van der Waals surface area contributed by atoms with E-state index >= 15 is 0 Å². The maximum Gasteiger partial charge on any atom is 0.242 e. The van der Waals surface area contributed by atoms with Crippen LogP contribution in [0.3, 0.4) is 0 Å². The van der Waals surface area contributed by atoms with Gasteiger partial charge in [0.25, 0.3) is 0 Å². The zero-order chi connectivity index (χ0) is 19.3. The minimum Gasteiger partial charge on any atom is -0.325 e. The fourth-order valence-corrected chi connectivity index (χ4v) is 3.66. The van der Waals surface area contributed by atoms with Crippen LogP contribution >= 0.6 is 0 Å². The monoisotopic (exact) mass is 378 g/mol. The van der Waals surface area contributed by atoms with Crippen molar-refractivity contribution in [2.24, 2.45) is 5.92 Å². The number of rotatable bonds is 7. The van der Waals surface area contributed by atoms with Crippen molar-refractivity contribution in [3.63, 3.8) is 0 Å². The highest BCUT2D eigenvalue weighted by atomic mass is 32.2. The summed E-state index contributed by atoms with van der Waals surface area (Å²) in [6.07, 6.45) is 0.312. The van der Waals surface area contributed by atoms with Crippen molar-refractivity contribution in [2.75, 3.05) is 5.32 Å². The number of halogens is 1. The van der Waals surface area contributed by atoms with E-state index in [1.165, 1.54) is 30.3 Å². The summed E-state index contributed by atoms with van der Waals surface area (Å²) in [4.78, 5) is 12.7. The average molecular weight is 378 g/mol. The first-order valence-corrected chi connectivity index (χ1v) is 9.81. The van der Waals surface area contributed by atoms with Crippen LogP contribution in [-0.4, -0.2) is 20.4 Å². The lowest BCUT2D eigenvalue weighted by Crippen LogP contribution is -2.44. The van der Waals surface area contributed by atoms with Crippen LogP contribution in [0, 0.1) is 18.7 Å². The maximum atomic E-state index is 13.3. The molecule has 1 atom stereocenters. The van der Waals surface area contributed by atoms with Gasteiger partial charge in [0.05, 0.1) is 4.90 Å². The van der Waals surface area contributed by atoms with E-state index in [0.29, 0.717) is 6.42 Å². The Morgan fingerprint density at radius 3 is 2.35 bits per heavy atom. The van der Waals surface area contributed by atoms with Crippen molar-refractivity contribution in [1.82, 2.24) is 4.72 Å². The van der Waals surface area contributed by atoms with Gasteiger partial charge >= 0.3 is 0 Å². The summed E-state index contributed by atoms with van der Waals surface area (Å²) in [7, 11) is -3.85. The van der Waals surface area contributed by atoms with Crippen molar-refractivity contribution in [1.29, 1.82) is 0 Å². The van der Waals surface area contributed by atoms with Gasteiger partial charge < -0.3 is 5.32 Å². The quantitative estimate of drug-likeness (QED) is 0.775. The number of anilines is 1. The van der Waals surface area contributed by atoms with Crippen LogP contribution in [0.1, 0.15) is 25.8 Å². The van der Waals surface area contributed by atoms with E-state index in [1.54, 1.807) is 18.2 Å². The van der Waals surface area contributed by atoms with Crippen LogP contribution in [0.25, 0.3) is 0 Å². The number of hydrogen-bond acceptors (Lipinski definition) is 3. The molecule has 7 heteroatoms. The molecule has 0 aliphatic heterocycles. The molecule has 0 spiro atoms. The van der Waals surface area contributed by atoms with Gasteiger partial charge in [-0.05, 0) is 49.6 Å². The zero-order valence-corrected chi connectivity index (χ0v) is 15.8.